The maximum absolute atomic E-state index is 13.1. The van der Waals surface area contributed by atoms with Gasteiger partial charge in [0.25, 0.3) is 0 Å². The number of hydrogen-bond acceptors (Lipinski definition) is 7. The van der Waals surface area contributed by atoms with Crippen LogP contribution in [0.25, 0.3) is 0 Å². The number of nitrogens with zero attached hydrogens (tertiary/aromatic N) is 2. The van der Waals surface area contributed by atoms with Crippen molar-refractivity contribution in [1.82, 2.24) is 9.21 Å². The second kappa shape index (κ2) is 13.3. The molecule has 40 heavy (non-hydrogen) atoms. The van der Waals surface area contributed by atoms with Crippen LogP contribution in [0.5, 0.6) is 5.75 Å². The molecule has 0 N–H and O–H groups in total. The molecule has 2 aromatic rings. The van der Waals surface area contributed by atoms with E-state index in [9.17, 15) is 13.2 Å². The third-order valence-electron chi connectivity index (χ3n) is 8.32. The van der Waals surface area contributed by atoms with Crippen LogP contribution in [0.4, 0.5) is 4.79 Å². The lowest BCUT2D eigenvalue weighted by atomic mass is 9.81. The van der Waals surface area contributed by atoms with Crippen molar-refractivity contribution in [2.75, 3.05) is 34.2 Å². The number of likely N-dealkylation sites (tertiary alicyclic amines) is 1. The molecule has 0 bridgehead atoms. The maximum atomic E-state index is 13.1. The van der Waals surface area contributed by atoms with Gasteiger partial charge < -0.3 is 18.9 Å². The smallest absolute Gasteiger partial charge is 0.410 e. The van der Waals surface area contributed by atoms with Gasteiger partial charge in [-0.25, -0.2) is 13.2 Å². The zero-order chi connectivity index (χ0) is 28.9. The van der Waals surface area contributed by atoms with Gasteiger partial charge in [0, 0.05) is 25.7 Å². The molecule has 4 rings (SSSR count). The first-order chi connectivity index (χ1) is 19.2. The van der Waals surface area contributed by atoms with Crippen LogP contribution in [0.15, 0.2) is 54.6 Å². The fourth-order valence-electron chi connectivity index (χ4n) is 6.24. The van der Waals surface area contributed by atoms with Crippen LogP contribution in [0, 0.1) is 0 Å². The van der Waals surface area contributed by atoms with Crippen LogP contribution >= 0.6 is 0 Å². The van der Waals surface area contributed by atoms with E-state index in [0.717, 1.165) is 24.8 Å². The number of ether oxygens (including phenoxy) is 4. The first kappa shape index (κ1) is 30.3. The van der Waals surface area contributed by atoms with Crippen molar-refractivity contribution in [2.45, 2.75) is 75.4 Å². The molecule has 0 spiro atoms. The predicted molar refractivity (Wildman–Crippen MR) is 153 cm³/mol. The lowest BCUT2D eigenvalue weighted by molar-refractivity contribution is -0.0929. The first-order valence-corrected chi connectivity index (χ1v) is 15.7. The summed E-state index contributed by atoms with van der Waals surface area (Å²) < 4.78 is 50.5. The van der Waals surface area contributed by atoms with Crippen molar-refractivity contribution < 1.29 is 32.2 Å². The number of carbonyl (C=O) groups is 1. The second-order valence-corrected chi connectivity index (χ2v) is 12.8. The van der Waals surface area contributed by atoms with E-state index in [4.69, 9.17) is 18.9 Å². The second-order valence-electron chi connectivity index (χ2n) is 10.8. The third-order valence-corrected chi connectivity index (χ3v) is 9.58. The average molecular weight is 575 g/mol. The minimum absolute atomic E-state index is 0.104. The summed E-state index contributed by atoms with van der Waals surface area (Å²) in [5, 5.41) is 0. The normalized spacial score (nSPS) is 27.1. The van der Waals surface area contributed by atoms with E-state index in [-0.39, 0.29) is 31.4 Å². The van der Waals surface area contributed by atoms with Crippen molar-refractivity contribution in [2.24, 2.45) is 0 Å². The standard InChI is InChI=1S/C30H42N2O7S/c1-21-17-26(31(40(5,34)35)19-22-11-14-25(36-2)15-12-22)27(32(21)30(33)38-4)20-39-28-16-13-24(18-29(28)37-3)23-9-7-6-8-10-23/h6-12,14-15,21,24,26-29H,13,16-20H2,1-5H3/t21-,24?,26+,27+,28?,29?/m1/s1. The molecule has 10 heteroatoms. The van der Waals surface area contributed by atoms with Gasteiger partial charge in [-0.05, 0) is 61.8 Å². The van der Waals surface area contributed by atoms with Gasteiger partial charge in [-0.3, -0.25) is 4.90 Å². The van der Waals surface area contributed by atoms with Crippen molar-refractivity contribution >= 4 is 16.1 Å². The summed E-state index contributed by atoms with van der Waals surface area (Å²) in [5.74, 6) is 1.09. The molecule has 6 atom stereocenters. The molecule has 1 aliphatic heterocycles. The third kappa shape index (κ3) is 6.97. The Balaban J connectivity index is 1.54. The lowest BCUT2D eigenvalue weighted by Crippen LogP contribution is -2.52. The van der Waals surface area contributed by atoms with Gasteiger partial charge in [0.1, 0.15) is 5.75 Å². The van der Waals surface area contributed by atoms with E-state index in [1.54, 1.807) is 19.1 Å². The Morgan fingerprint density at radius 3 is 2.27 bits per heavy atom. The van der Waals surface area contributed by atoms with Gasteiger partial charge in [-0.2, -0.15) is 4.31 Å². The summed E-state index contributed by atoms with van der Waals surface area (Å²) in [4.78, 5) is 14.5. The molecule has 0 radical (unpaired) electrons. The van der Waals surface area contributed by atoms with Crippen molar-refractivity contribution in [3.63, 3.8) is 0 Å². The SMILES string of the molecule is COC(=O)N1[C@H](C)C[C@H](N(Cc2ccc(OC)cc2)S(C)(=O)=O)[C@@H]1COC1CCC(c2ccccc2)CC1OC. The first-order valence-electron chi connectivity index (χ1n) is 13.8. The highest BCUT2D eigenvalue weighted by Gasteiger charge is 2.48. The molecular formula is C30H42N2O7S. The minimum atomic E-state index is -3.63. The molecule has 1 amide bonds. The van der Waals surface area contributed by atoms with Gasteiger partial charge >= 0.3 is 6.09 Å². The van der Waals surface area contributed by atoms with Crippen molar-refractivity contribution in [3.05, 3.63) is 65.7 Å². The number of amides is 1. The molecule has 1 saturated carbocycles. The number of methoxy groups -OCH3 is 3. The highest BCUT2D eigenvalue weighted by atomic mass is 32.2. The van der Waals surface area contributed by atoms with Gasteiger partial charge in [0.15, 0.2) is 0 Å². The van der Waals surface area contributed by atoms with E-state index >= 15 is 0 Å². The molecule has 9 nitrogen and oxygen atoms in total. The number of benzene rings is 2. The van der Waals surface area contributed by atoms with E-state index in [0.29, 0.717) is 18.1 Å². The van der Waals surface area contributed by atoms with Gasteiger partial charge in [0.05, 0.1) is 45.3 Å². The zero-order valence-corrected chi connectivity index (χ0v) is 24.9. The number of rotatable bonds is 10. The molecule has 1 heterocycles. The topological polar surface area (TPSA) is 94.6 Å². The largest absolute Gasteiger partial charge is 0.497 e. The maximum Gasteiger partial charge on any atom is 0.410 e. The average Bonchev–Trinajstić information content (AvgIpc) is 3.29. The Morgan fingerprint density at radius 1 is 0.975 bits per heavy atom. The Bertz CT molecular complexity index is 1210. The Kier molecular flexibility index (Phi) is 10.1. The molecule has 2 fully saturated rings. The summed E-state index contributed by atoms with van der Waals surface area (Å²) in [5.41, 5.74) is 2.13. The molecular weight excluding hydrogens is 532 g/mol. The number of hydrogen-bond donors (Lipinski definition) is 0. The lowest BCUT2D eigenvalue weighted by Gasteiger charge is -2.38. The highest BCUT2D eigenvalue weighted by molar-refractivity contribution is 7.88. The van der Waals surface area contributed by atoms with Gasteiger partial charge in [-0.15, -0.1) is 0 Å². The fourth-order valence-corrected chi connectivity index (χ4v) is 7.34. The Morgan fingerprint density at radius 2 is 1.68 bits per heavy atom. The summed E-state index contributed by atoms with van der Waals surface area (Å²) in [6, 6.07) is 16.6. The van der Waals surface area contributed by atoms with Gasteiger partial charge in [0.2, 0.25) is 10.0 Å². The van der Waals surface area contributed by atoms with Crippen LogP contribution in [-0.2, 0) is 30.8 Å². The van der Waals surface area contributed by atoms with Crippen LogP contribution in [0.1, 0.15) is 49.7 Å². The minimum Gasteiger partial charge on any atom is -0.497 e. The monoisotopic (exact) mass is 574 g/mol. The fraction of sp³-hybridized carbons (Fsp3) is 0.567. The van der Waals surface area contributed by atoms with Crippen molar-refractivity contribution in [3.8, 4) is 5.75 Å². The molecule has 2 aliphatic rings. The molecule has 1 saturated heterocycles. The van der Waals surface area contributed by atoms with Crippen LogP contribution in [0.3, 0.4) is 0 Å². The van der Waals surface area contributed by atoms with Crippen molar-refractivity contribution in [1.29, 1.82) is 0 Å². The van der Waals surface area contributed by atoms with E-state index in [1.165, 1.54) is 23.2 Å². The predicted octanol–water partition coefficient (Wildman–Crippen LogP) is 4.42. The quantitative estimate of drug-likeness (QED) is 0.415. The Labute approximate surface area is 238 Å². The summed E-state index contributed by atoms with van der Waals surface area (Å²) in [7, 11) is 1.01. The van der Waals surface area contributed by atoms with E-state index in [1.807, 2.05) is 37.3 Å². The number of sulfonamides is 1. The molecule has 0 aromatic heterocycles. The molecule has 2 aromatic carbocycles. The van der Waals surface area contributed by atoms with Crippen LogP contribution < -0.4 is 4.74 Å². The van der Waals surface area contributed by atoms with Crippen LogP contribution in [0.2, 0.25) is 0 Å². The summed E-state index contributed by atoms with van der Waals surface area (Å²) in [6.45, 7) is 2.27. The van der Waals surface area contributed by atoms with E-state index in [2.05, 4.69) is 24.3 Å². The summed E-state index contributed by atoms with van der Waals surface area (Å²) in [6.07, 6.45) is 3.55. The zero-order valence-electron chi connectivity index (χ0n) is 24.1. The van der Waals surface area contributed by atoms with E-state index < -0.39 is 28.2 Å². The molecule has 220 valence electrons. The Hall–Kier alpha value is -2.66. The van der Waals surface area contributed by atoms with Crippen LogP contribution in [-0.4, -0.2) is 88.2 Å². The number of carbonyl (C=O) groups excluding carboxylic acids is 1. The molecule has 3 unspecified atom stereocenters. The summed E-state index contributed by atoms with van der Waals surface area (Å²) >= 11 is 0. The molecule has 1 aliphatic carbocycles. The highest BCUT2D eigenvalue weighted by Crippen LogP contribution is 2.37. The van der Waals surface area contributed by atoms with Gasteiger partial charge in [-0.1, -0.05) is 42.5 Å².